The van der Waals surface area contributed by atoms with Crippen molar-refractivity contribution in [2.75, 3.05) is 6.61 Å². The first-order valence-electron chi connectivity index (χ1n) is 2.66. The second-order valence-corrected chi connectivity index (χ2v) is 1.90. The summed E-state index contributed by atoms with van der Waals surface area (Å²) in [5.41, 5.74) is 0. The van der Waals surface area contributed by atoms with Crippen LogP contribution in [0.3, 0.4) is 0 Å². The highest BCUT2D eigenvalue weighted by atomic mass is 19.3. The molecule has 9 heavy (non-hydrogen) atoms. The lowest BCUT2D eigenvalue weighted by molar-refractivity contribution is -0.144. The average Bonchev–Trinajstić information content (AvgIpc) is 2.13. The molecule has 1 saturated heterocycles. The topological polar surface area (TPSA) is 26.3 Å². The smallest absolute Gasteiger partial charge is 0.314 e. The van der Waals surface area contributed by atoms with Gasteiger partial charge >= 0.3 is 5.97 Å². The summed E-state index contributed by atoms with van der Waals surface area (Å²) in [6.45, 7) is 0.147. The molecule has 1 aliphatic heterocycles. The third kappa shape index (κ3) is 1.17. The molecule has 52 valence electrons. The molecule has 1 heterocycles. The van der Waals surface area contributed by atoms with Crippen molar-refractivity contribution >= 4 is 5.97 Å². The molecule has 0 saturated carbocycles. The Morgan fingerprint density at radius 3 is 2.56 bits per heavy atom. The van der Waals surface area contributed by atoms with E-state index in [2.05, 4.69) is 4.74 Å². The van der Waals surface area contributed by atoms with Crippen LogP contribution in [0, 0.1) is 5.92 Å². The van der Waals surface area contributed by atoms with E-state index in [1.165, 1.54) is 0 Å². The van der Waals surface area contributed by atoms with E-state index in [1.807, 2.05) is 0 Å². The maximum atomic E-state index is 11.7. The van der Waals surface area contributed by atoms with Gasteiger partial charge in [0, 0.05) is 6.42 Å². The first kappa shape index (κ1) is 6.45. The van der Waals surface area contributed by atoms with E-state index in [0.717, 1.165) is 0 Å². The standard InChI is InChI=1S/C5H6F2O2/c6-4(7)3-1-2-9-5(3)8/h3-4H,1-2H2. The minimum Gasteiger partial charge on any atom is -0.465 e. The predicted molar refractivity (Wildman–Crippen MR) is 25.1 cm³/mol. The molecule has 1 fully saturated rings. The van der Waals surface area contributed by atoms with Gasteiger partial charge in [-0.15, -0.1) is 0 Å². The minimum absolute atomic E-state index is 0.147. The number of cyclic esters (lactones) is 1. The Morgan fingerprint density at radius 1 is 1.67 bits per heavy atom. The van der Waals surface area contributed by atoms with Gasteiger partial charge in [0.2, 0.25) is 0 Å². The molecule has 0 amide bonds. The molecule has 1 atom stereocenters. The fraction of sp³-hybridized carbons (Fsp3) is 0.800. The van der Waals surface area contributed by atoms with Crippen molar-refractivity contribution in [1.29, 1.82) is 0 Å². The van der Waals surface area contributed by atoms with Gasteiger partial charge in [-0.1, -0.05) is 0 Å². The number of hydrogen-bond acceptors (Lipinski definition) is 2. The Balaban J connectivity index is 2.49. The Morgan fingerprint density at radius 2 is 2.33 bits per heavy atom. The van der Waals surface area contributed by atoms with Crippen LogP contribution in [0.1, 0.15) is 6.42 Å². The Hall–Kier alpha value is -0.670. The van der Waals surface area contributed by atoms with Crippen LogP contribution >= 0.6 is 0 Å². The third-order valence-electron chi connectivity index (χ3n) is 1.28. The van der Waals surface area contributed by atoms with Gasteiger partial charge in [-0.05, 0) is 0 Å². The van der Waals surface area contributed by atoms with Crippen LogP contribution in [-0.2, 0) is 9.53 Å². The molecule has 0 N–H and O–H groups in total. The van der Waals surface area contributed by atoms with Gasteiger partial charge < -0.3 is 4.74 Å². The van der Waals surface area contributed by atoms with Gasteiger partial charge in [0.1, 0.15) is 5.92 Å². The van der Waals surface area contributed by atoms with Crippen LogP contribution in [0.15, 0.2) is 0 Å². The summed E-state index contributed by atoms with van der Waals surface area (Å²) in [5, 5.41) is 0. The van der Waals surface area contributed by atoms with E-state index in [4.69, 9.17) is 0 Å². The third-order valence-corrected chi connectivity index (χ3v) is 1.28. The molecule has 0 aliphatic carbocycles. The average molecular weight is 136 g/mol. The van der Waals surface area contributed by atoms with Crippen molar-refractivity contribution in [2.24, 2.45) is 5.92 Å². The highest BCUT2D eigenvalue weighted by molar-refractivity contribution is 5.74. The quantitative estimate of drug-likeness (QED) is 0.499. The molecule has 0 aromatic carbocycles. The molecule has 0 spiro atoms. The van der Waals surface area contributed by atoms with Crippen LogP contribution in [0.2, 0.25) is 0 Å². The Kier molecular flexibility index (Phi) is 1.64. The van der Waals surface area contributed by atoms with Crippen molar-refractivity contribution in [3.63, 3.8) is 0 Å². The number of alkyl halides is 2. The van der Waals surface area contributed by atoms with Gasteiger partial charge in [-0.3, -0.25) is 4.79 Å². The second kappa shape index (κ2) is 2.29. The van der Waals surface area contributed by atoms with E-state index in [1.54, 1.807) is 0 Å². The molecule has 0 aromatic heterocycles. The van der Waals surface area contributed by atoms with Crippen LogP contribution in [0.4, 0.5) is 8.78 Å². The summed E-state index contributed by atoms with van der Waals surface area (Å²) in [7, 11) is 0. The van der Waals surface area contributed by atoms with E-state index < -0.39 is 18.3 Å². The van der Waals surface area contributed by atoms with Gasteiger partial charge in [-0.2, -0.15) is 0 Å². The number of hydrogen-bond donors (Lipinski definition) is 0. The maximum absolute atomic E-state index is 11.7. The molecule has 1 aliphatic rings. The molecular weight excluding hydrogens is 130 g/mol. The zero-order chi connectivity index (χ0) is 6.85. The van der Waals surface area contributed by atoms with Crippen LogP contribution in [0.25, 0.3) is 0 Å². The Bertz CT molecular complexity index is 124. The number of esters is 1. The second-order valence-electron chi connectivity index (χ2n) is 1.90. The first-order valence-corrected chi connectivity index (χ1v) is 2.66. The monoisotopic (exact) mass is 136 g/mol. The van der Waals surface area contributed by atoms with Crippen LogP contribution < -0.4 is 0 Å². The van der Waals surface area contributed by atoms with E-state index in [0.29, 0.717) is 0 Å². The van der Waals surface area contributed by atoms with E-state index >= 15 is 0 Å². The predicted octanol–water partition coefficient (Wildman–Crippen LogP) is 0.815. The highest BCUT2D eigenvalue weighted by Gasteiger charge is 2.34. The van der Waals surface area contributed by atoms with E-state index in [-0.39, 0.29) is 13.0 Å². The lowest BCUT2D eigenvalue weighted by atomic mass is 10.1. The number of halogens is 2. The molecule has 1 rings (SSSR count). The molecule has 2 nitrogen and oxygen atoms in total. The number of rotatable bonds is 1. The molecule has 0 radical (unpaired) electrons. The van der Waals surface area contributed by atoms with Gasteiger partial charge in [0.05, 0.1) is 6.61 Å². The van der Waals surface area contributed by atoms with Crippen molar-refractivity contribution < 1.29 is 18.3 Å². The molecule has 1 unspecified atom stereocenters. The zero-order valence-corrected chi connectivity index (χ0v) is 4.64. The lowest BCUT2D eigenvalue weighted by Crippen LogP contribution is -2.16. The van der Waals surface area contributed by atoms with Crippen LogP contribution in [0.5, 0.6) is 0 Å². The van der Waals surface area contributed by atoms with Crippen molar-refractivity contribution in [3.05, 3.63) is 0 Å². The summed E-state index contributed by atoms with van der Waals surface area (Å²) < 4.78 is 27.7. The van der Waals surface area contributed by atoms with Crippen molar-refractivity contribution in [1.82, 2.24) is 0 Å². The lowest BCUT2D eigenvalue weighted by Gasteiger charge is -2.00. The number of ether oxygens (including phenoxy) is 1. The largest absolute Gasteiger partial charge is 0.465 e. The number of carbonyl (C=O) groups is 1. The zero-order valence-electron chi connectivity index (χ0n) is 4.64. The van der Waals surface area contributed by atoms with Gasteiger partial charge in [0.15, 0.2) is 0 Å². The molecular formula is C5H6F2O2. The SMILES string of the molecule is O=C1OCCC1C(F)F. The number of carbonyl (C=O) groups excluding carboxylic acids is 1. The molecule has 0 bridgehead atoms. The highest BCUT2D eigenvalue weighted by Crippen LogP contribution is 2.21. The van der Waals surface area contributed by atoms with Crippen molar-refractivity contribution in [2.45, 2.75) is 12.8 Å². The fourth-order valence-corrected chi connectivity index (χ4v) is 0.740. The summed E-state index contributed by atoms with van der Waals surface area (Å²) in [5.74, 6) is -1.92. The summed E-state index contributed by atoms with van der Waals surface area (Å²) >= 11 is 0. The molecule has 4 heteroatoms. The van der Waals surface area contributed by atoms with Gasteiger partial charge in [-0.25, -0.2) is 8.78 Å². The van der Waals surface area contributed by atoms with Crippen molar-refractivity contribution in [3.8, 4) is 0 Å². The summed E-state index contributed by atoms with van der Waals surface area (Å²) in [4.78, 5) is 10.3. The summed E-state index contributed by atoms with van der Waals surface area (Å²) in [6, 6.07) is 0. The van der Waals surface area contributed by atoms with Crippen LogP contribution in [-0.4, -0.2) is 19.0 Å². The first-order chi connectivity index (χ1) is 4.22. The minimum atomic E-state index is -2.56. The Labute approximate surface area is 50.8 Å². The normalized spacial score (nSPS) is 27.0. The summed E-state index contributed by atoms with van der Waals surface area (Å²) in [6.07, 6.45) is -2.39. The maximum Gasteiger partial charge on any atom is 0.314 e. The fourth-order valence-electron chi connectivity index (χ4n) is 0.740. The van der Waals surface area contributed by atoms with E-state index in [9.17, 15) is 13.6 Å². The van der Waals surface area contributed by atoms with Gasteiger partial charge in [0.25, 0.3) is 6.43 Å². The molecule has 0 aromatic rings.